The predicted octanol–water partition coefficient (Wildman–Crippen LogP) is 9.49. The van der Waals surface area contributed by atoms with Crippen molar-refractivity contribution in [1.82, 2.24) is 4.98 Å². The van der Waals surface area contributed by atoms with E-state index in [0.29, 0.717) is 5.02 Å². The molecule has 1 aliphatic rings. The molecule has 1 aliphatic heterocycles. The largest absolute Gasteiger partial charge is 0.310 e. The van der Waals surface area contributed by atoms with Gasteiger partial charge >= 0.3 is 0 Å². The van der Waals surface area contributed by atoms with Crippen LogP contribution in [0.4, 0.5) is 17.1 Å². The fraction of sp³-hybridized carbons (Fsp3) is 0. The second kappa shape index (κ2) is 9.22. The molecule has 0 fully saturated rings. The quantitative estimate of drug-likeness (QED) is 0.242. The highest BCUT2D eigenvalue weighted by molar-refractivity contribution is 8.05. The summed E-state index contributed by atoms with van der Waals surface area (Å²) in [7, 11) is 0. The van der Waals surface area contributed by atoms with Crippen LogP contribution < -0.4 is 4.90 Å². The molecule has 1 aromatic heterocycles. The highest BCUT2D eigenvalue weighted by Gasteiger charge is 2.20. The summed E-state index contributed by atoms with van der Waals surface area (Å²) in [6, 6.07) is 38.2. The maximum atomic E-state index is 6.01. The highest BCUT2D eigenvalue weighted by atomic mass is 35.5. The number of para-hydroxylation sites is 2. The number of benzene rings is 4. The first kappa shape index (κ1) is 21.4. The monoisotopic (exact) mass is 494 g/mol. The Bertz CT molecular complexity index is 1420. The zero-order valence-corrected chi connectivity index (χ0v) is 20.4. The third-order valence-electron chi connectivity index (χ3n) is 5.62. The standard InChI is InChI=1S/C29H19ClN2S2/c30-21-12-14-25(31-19-21)20-11-15-26-28(17-20)33-27-16-13-24(18-29(27)34-26)32(22-7-3-1-4-8-22)23-9-5-2-6-10-23/h1-19H. The fourth-order valence-electron chi connectivity index (χ4n) is 4.02. The van der Waals surface area contributed by atoms with Crippen molar-refractivity contribution < 1.29 is 0 Å². The minimum atomic E-state index is 0.649. The minimum absolute atomic E-state index is 0.649. The summed E-state index contributed by atoms with van der Waals surface area (Å²) in [5.74, 6) is 0. The van der Waals surface area contributed by atoms with Gasteiger partial charge in [-0.05, 0) is 66.7 Å². The van der Waals surface area contributed by atoms with Crippen molar-refractivity contribution in [1.29, 1.82) is 0 Å². The highest BCUT2D eigenvalue weighted by Crippen LogP contribution is 2.51. The molecule has 0 saturated carbocycles. The molecule has 0 bridgehead atoms. The maximum Gasteiger partial charge on any atom is 0.0703 e. The van der Waals surface area contributed by atoms with E-state index in [2.05, 4.69) is 107 Å². The van der Waals surface area contributed by atoms with Gasteiger partial charge in [-0.15, -0.1) is 0 Å². The van der Waals surface area contributed by atoms with E-state index in [1.165, 1.54) is 19.6 Å². The molecule has 6 rings (SSSR count). The lowest BCUT2D eigenvalue weighted by atomic mass is 10.1. The first-order valence-electron chi connectivity index (χ1n) is 10.9. The van der Waals surface area contributed by atoms with Crippen molar-refractivity contribution in [2.24, 2.45) is 0 Å². The molecule has 5 heteroatoms. The molecule has 0 unspecified atom stereocenters. The van der Waals surface area contributed by atoms with Crippen LogP contribution in [0.3, 0.4) is 0 Å². The zero-order valence-electron chi connectivity index (χ0n) is 18.1. The van der Waals surface area contributed by atoms with E-state index in [4.69, 9.17) is 11.6 Å². The Morgan fingerprint density at radius 1 is 0.559 bits per heavy atom. The number of fused-ring (bicyclic) bond motifs is 2. The lowest BCUT2D eigenvalue weighted by Gasteiger charge is -2.27. The molecule has 0 spiro atoms. The number of nitrogens with zero attached hydrogens (tertiary/aromatic N) is 2. The van der Waals surface area contributed by atoms with Crippen LogP contribution in [-0.2, 0) is 0 Å². The average molecular weight is 495 g/mol. The molecule has 5 aromatic rings. The van der Waals surface area contributed by atoms with Crippen LogP contribution in [0, 0.1) is 0 Å². The third kappa shape index (κ3) is 4.21. The van der Waals surface area contributed by atoms with Gasteiger partial charge in [-0.2, -0.15) is 0 Å². The zero-order chi connectivity index (χ0) is 22.9. The van der Waals surface area contributed by atoms with Crippen LogP contribution >= 0.6 is 35.1 Å². The molecule has 4 aromatic carbocycles. The van der Waals surface area contributed by atoms with Crippen LogP contribution in [0.15, 0.2) is 135 Å². The second-order valence-corrected chi connectivity index (χ2v) is 10.5. The van der Waals surface area contributed by atoms with Gasteiger partial charge in [0, 0.05) is 48.4 Å². The summed E-state index contributed by atoms with van der Waals surface area (Å²) in [6.45, 7) is 0. The third-order valence-corrected chi connectivity index (χ3v) is 8.37. The number of anilines is 3. The van der Waals surface area contributed by atoms with Crippen molar-refractivity contribution >= 4 is 52.2 Å². The molecule has 0 radical (unpaired) electrons. The van der Waals surface area contributed by atoms with Crippen molar-refractivity contribution in [3.05, 3.63) is 120 Å². The Balaban J connectivity index is 1.35. The van der Waals surface area contributed by atoms with Gasteiger partial charge in [0.15, 0.2) is 0 Å². The van der Waals surface area contributed by atoms with Gasteiger partial charge < -0.3 is 4.90 Å². The average Bonchev–Trinajstić information content (AvgIpc) is 2.89. The number of hydrogen-bond acceptors (Lipinski definition) is 4. The van der Waals surface area contributed by atoms with Gasteiger partial charge in [0.25, 0.3) is 0 Å². The Labute approximate surface area is 212 Å². The molecular weight excluding hydrogens is 476 g/mol. The summed E-state index contributed by atoms with van der Waals surface area (Å²) >= 11 is 9.65. The van der Waals surface area contributed by atoms with E-state index in [0.717, 1.165) is 28.3 Å². The summed E-state index contributed by atoms with van der Waals surface area (Å²) in [6.07, 6.45) is 1.69. The molecule has 164 valence electrons. The molecule has 2 heterocycles. The second-order valence-electron chi connectivity index (χ2n) is 7.86. The Morgan fingerprint density at radius 2 is 1.18 bits per heavy atom. The molecule has 34 heavy (non-hydrogen) atoms. The van der Waals surface area contributed by atoms with Crippen LogP contribution in [-0.4, -0.2) is 4.98 Å². The smallest absolute Gasteiger partial charge is 0.0703 e. The molecule has 0 atom stereocenters. The van der Waals surface area contributed by atoms with Gasteiger partial charge in [-0.1, -0.05) is 77.6 Å². The minimum Gasteiger partial charge on any atom is -0.310 e. The summed E-state index contributed by atoms with van der Waals surface area (Å²) in [5.41, 5.74) is 5.46. The van der Waals surface area contributed by atoms with E-state index in [1.807, 2.05) is 35.7 Å². The van der Waals surface area contributed by atoms with Crippen molar-refractivity contribution in [3.63, 3.8) is 0 Å². The van der Waals surface area contributed by atoms with E-state index in [-0.39, 0.29) is 0 Å². The van der Waals surface area contributed by atoms with Crippen LogP contribution in [0.25, 0.3) is 11.3 Å². The van der Waals surface area contributed by atoms with E-state index in [1.54, 1.807) is 6.20 Å². The van der Waals surface area contributed by atoms with Gasteiger partial charge in [0.05, 0.1) is 10.7 Å². The van der Waals surface area contributed by atoms with Crippen LogP contribution in [0.5, 0.6) is 0 Å². The Kier molecular flexibility index (Phi) is 5.79. The summed E-state index contributed by atoms with van der Waals surface area (Å²) in [4.78, 5) is 11.8. The Hall–Kier alpha value is -3.18. The lowest BCUT2D eigenvalue weighted by molar-refractivity contribution is 1.14. The predicted molar refractivity (Wildman–Crippen MR) is 144 cm³/mol. The van der Waals surface area contributed by atoms with E-state index in [9.17, 15) is 0 Å². The van der Waals surface area contributed by atoms with Crippen molar-refractivity contribution in [3.8, 4) is 11.3 Å². The molecule has 0 aliphatic carbocycles. The van der Waals surface area contributed by atoms with E-state index >= 15 is 0 Å². The molecule has 2 nitrogen and oxygen atoms in total. The maximum absolute atomic E-state index is 6.01. The van der Waals surface area contributed by atoms with Crippen LogP contribution in [0.1, 0.15) is 0 Å². The van der Waals surface area contributed by atoms with Crippen LogP contribution in [0.2, 0.25) is 5.02 Å². The van der Waals surface area contributed by atoms with Crippen molar-refractivity contribution in [2.75, 3.05) is 4.90 Å². The first-order chi connectivity index (χ1) is 16.7. The topological polar surface area (TPSA) is 16.1 Å². The molecule has 0 amide bonds. The van der Waals surface area contributed by atoms with Crippen molar-refractivity contribution in [2.45, 2.75) is 19.6 Å². The first-order valence-corrected chi connectivity index (χ1v) is 12.9. The molecule has 0 saturated heterocycles. The summed E-state index contributed by atoms with van der Waals surface area (Å²) < 4.78 is 0. The normalized spacial score (nSPS) is 12.0. The number of rotatable bonds is 4. The van der Waals surface area contributed by atoms with Gasteiger partial charge in [0.1, 0.15) is 0 Å². The SMILES string of the molecule is Clc1ccc(-c2ccc3c(c2)Sc2ccc(N(c4ccccc4)c4ccccc4)cc2S3)nc1. The fourth-order valence-corrected chi connectivity index (χ4v) is 6.40. The molecule has 0 N–H and O–H groups in total. The number of hydrogen-bond donors (Lipinski definition) is 0. The Morgan fingerprint density at radius 3 is 1.79 bits per heavy atom. The van der Waals surface area contributed by atoms with Gasteiger partial charge in [0.2, 0.25) is 0 Å². The lowest BCUT2D eigenvalue weighted by Crippen LogP contribution is -2.10. The summed E-state index contributed by atoms with van der Waals surface area (Å²) in [5, 5.41) is 0.649. The number of pyridine rings is 1. The number of halogens is 1. The van der Waals surface area contributed by atoms with E-state index < -0.39 is 0 Å². The number of aromatic nitrogens is 1. The van der Waals surface area contributed by atoms with Gasteiger partial charge in [-0.25, -0.2) is 0 Å². The molecular formula is C29H19ClN2S2. The van der Waals surface area contributed by atoms with Gasteiger partial charge in [-0.3, -0.25) is 4.98 Å².